The van der Waals surface area contributed by atoms with Gasteiger partial charge in [0.1, 0.15) is 0 Å². The molecule has 0 fully saturated rings. The summed E-state index contributed by atoms with van der Waals surface area (Å²) in [7, 11) is 1.53. The fourth-order valence-corrected chi connectivity index (χ4v) is 2.94. The standard InChI is InChI=1S/C10H12N2O4S/c1-16-4-6-2-8(13)12-7(3-9(14)15)5-17-10(12)11-6/h2,7H,3-5H2,1H3,(H,14,15)/t7-/m1/s1. The number of carboxylic acids is 1. The lowest BCUT2D eigenvalue weighted by atomic mass is 10.2. The van der Waals surface area contributed by atoms with E-state index in [0.717, 1.165) is 0 Å². The Kier molecular flexibility index (Phi) is 3.49. The third-order valence-electron chi connectivity index (χ3n) is 2.45. The molecular weight excluding hydrogens is 244 g/mol. The maximum atomic E-state index is 11.9. The van der Waals surface area contributed by atoms with Gasteiger partial charge in [0, 0.05) is 18.9 Å². The predicted molar refractivity (Wildman–Crippen MR) is 61.2 cm³/mol. The highest BCUT2D eigenvalue weighted by atomic mass is 32.2. The highest BCUT2D eigenvalue weighted by Gasteiger charge is 2.27. The molecule has 1 atom stereocenters. The van der Waals surface area contributed by atoms with Crippen molar-refractivity contribution in [3.63, 3.8) is 0 Å². The van der Waals surface area contributed by atoms with E-state index in [-0.39, 0.29) is 24.6 Å². The number of carboxylic acid groups (broad SMARTS) is 1. The van der Waals surface area contributed by atoms with E-state index < -0.39 is 5.97 Å². The summed E-state index contributed by atoms with van der Waals surface area (Å²) in [4.78, 5) is 26.8. The molecule has 0 saturated carbocycles. The number of aliphatic carboxylic acids is 1. The normalized spacial score (nSPS) is 18.1. The Hall–Kier alpha value is -1.34. The molecule has 0 saturated heterocycles. The van der Waals surface area contributed by atoms with Gasteiger partial charge in [0.05, 0.1) is 24.8 Å². The zero-order chi connectivity index (χ0) is 12.4. The van der Waals surface area contributed by atoms with Crippen LogP contribution in [0.3, 0.4) is 0 Å². The predicted octanol–water partition coefficient (Wildman–Crippen LogP) is 0.511. The van der Waals surface area contributed by atoms with Crippen molar-refractivity contribution in [2.45, 2.75) is 24.2 Å². The monoisotopic (exact) mass is 256 g/mol. The molecule has 1 aromatic heterocycles. The Morgan fingerprint density at radius 1 is 1.76 bits per heavy atom. The van der Waals surface area contributed by atoms with E-state index >= 15 is 0 Å². The zero-order valence-electron chi connectivity index (χ0n) is 9.25. The molecule has 17 heavy (non-hydrogen) atoms. The molecule has 0 radical (unpaired) electrons. The summed E-state index contributed by atoms with van der Waals surface area (Å²) in [6.07, 6.45) is -0.0504. The Balaban J connectivity index is 2.34. The number of nitrogens with zero attached hydrogens (tertiary/aromatic N) is 2. The summed E-state index contributed by atoms with van der Waals surface area (Å²) in [5, 5.41) is 9.34. The van der Waals surface area contributed by atoms with Crippen molar-refractivity contribution in [2.75, 3.05) is 12.9 Å². The van der Waals surface area contributed by atoms with Crippen LogP contribution in [0.4, 0.5) is 0 Å². The molecule has 1 N–H and O–H groups in total. The van der Waals surface area contributed by atoms with Crippen molar-refractivity contribution in [1.29, 1.82) is 0 Å². The van der Waals surface area contributed by atoms with E-state index in [1.54, 1.807) is 0 Å². The lowest BCUT2D eigenvalue weighted by molar-refractivity contribution is -0.137. The minimum atomic E-state index is -0.906. The van der Waals surface area contributed by atoms with Crippen molar-refractivity contribution in [1.82, 2.24) is 9.55 Å². The van der Waals surface area contributed by atoms with Crippen molar-refractivity contribution in [2.24, 2.45) is 0 Å². The van der Waals surface area contributed by atoms with Crippen LogP contribution in [0.15, 0.2) is 16.0 Å². The SMILES string of the molecule is COCc1cc(=O)n2c(n1)SC[C@H]2CC(=O)O. The number of aromatic nitrogens is 2. The molecule has 0 spiro atoms. The quantitative estimate of drug-likeness (QED) is 0.790. The first-order chi connectivity index (χ1) is 8.11. The van der Waals surface area contributed by atoms with Gasteiger partial charge in [-0.05, 0) is 0 Å². The second-order valence-corrected chi connectivity index (χ2v) is 4.72. The number of rotatable bonds is 4. The molecule has 92 valence electrons. The molecule has 6 nitrogen and oxygen atoms in total. The number of fused-ring (bicyclic) bond motifs is 1. The van der Waals surface area contributed by atoms with Crippen LogP contribution in [-0.2, 0) is 16.1 Å². The van der Waals surface area contributed by atoms with E-state index in [1.807, 2.05) is 0 Å². The first kappa shape index (κ1) is 12.1. The highest BCUT2D eigenvalue weighted by molar-refractivity contribution is 7.99. The average molecular weight is 256 g/mol. The fraction of sp³-hybridized carbons (Fsp3) is 0.500. The molecule has 0 aliphatic carbocycles. The van der Waals surface area contributed by atoms with E-state index in [0.29, 0.717) is 16.6 Å². The average Bonchev–Trinajstić information content (AvgIpc) is 2.61. The lowest BCUT2D eigenvalue weighted by Gasteiger charge is -2.10. The molecule has 0 bridgehead atoms. The first-order valence-corrected chi connectivity index (χ1v) is 6.06. The summed E-state index contributed by atoms with van der Waals surface area (Å²) >= 11 is 1.41. The van der Waals surface area contributed by atoms with Crippen LogP contribution in [0.5, 0.6) is 0 Å². The molecular formula is C10H12N2O4S. The lowest BCUT2D eigenvalue weighted by Crippen LogP contribution is -2.26. The van der Waals surface area contributed by atoms with Gasteiger partial charge in [-0.3, -0.25) is 14.2 Å². The molecule has 2 rings (SSSR count). The fourth-order valence-electron chi connectivity index (χ4n) is 1.77. The third kappa shape index (κ3) is 2.50. The van der Waals surface area contributed by atoms with Gasteiger partial charge in [-0.2, -0.15) is 0 Å². The third-order valence-corrected chi connectivity index (χ3v) is 3.54. The molecule has 0 aromatic carbocycles. The summed E-state index contributed by atoms with van der Waals surface area (Å²) in [6, 6.07) is 1.09. The van der Waals surface area contributed by atoms with Crippen LogP contribution in [0.2, 0.25) is 0 Å². The van der Waals surface area contributed by atoms with E-state index in [9.17, 15) is 9.59 Å². The maximum absolute atomic E-state index is 11.9. The number of ether oxygens (including phenoxy) is 1. The Bertz CT molecular complexity index is 500. The summed E-state index contributed by atoms with van der Waals surface area (Å²) in [5.74, 6) is -0.332. The summed E-state index contributed by atoms with van der Waals surface area (Å²) in [6.45, 7) is 0.285. The van der Waals surface area contributed by atoms with Gasteiger partial charge >= 0.3 is 5.97 Å². The van der Waals surface area contributed by atoms with Crippen LogP contribution in [0.1, 0.15) is 18.2 Å². The smallest absolute Gasteiger partial charge is 0.305 e. The highest BCUT2D eigenvalue weighted by Crippen LogP contribution is 2.31. The molecule has 2 heterocycles. The van der Waals surface area contributed by atoms with Crippen LogP contribution in [0, 0.1) is 0 Å². The van der Waals surface area contributed by atoms with Crippen molar-refractivity contribution in [3.8, 4) is 0 Å². The van der Waals surface area contributed by atoms with Gasteiger partial charge in [-0.15, -0.1) is 0 Å². The van der Waals surface area contributed by atoms with E-state index in [4.69, 9.17) is 9.84 Å². The molecule has 0 unspecified atom stereocenters. The Morgan fingerprint density at radius 3 is 3.18 bits per heavy atom. The summed E-state index contributed by atoms with van der Waals surface area (Å²) in [5.41, 5.74) is 0.366. The van der Waals surface area contributed by atoms with Gasteiger partial charge < -0.3 is 9.84 Å². The second kappa shape index (κ2) is 4.89. The number of hydrogen-bond acceptors (Lipinski definition) is 5. The number of carbonyl (C=O) groups is 1. The Morgan fingerprint density at radius 2 is 2.53 bits per heavy atom. The largest absolute Gasteiger partial charge is 0.481 e. The van der Waals surface area contributed by atoms with Crippen LogP contribution in [0.25, 0.3) is 0 Å². The van der Waals surface area contributed by atoms with E-state index in [2.05, 4.69) is 4.98 Å². The zero-order valence-corrected chi connectivity index (χ0v) is 10.1. The van der Waals surface area contributed by atoms with Crippen molar-refractivity contribution >= 4 is 17.7 Å². The summed E-state index contributed by atoms with van der Waals surface area (Å²) < 4.78 is 6.38. The minimum Gasteiger partial charge on any atom is -0.481 e. The van der Waals surface area contributed by atoms with Gasteiger partial charge in [0.2, 0.25) is 0 Å². The minimum absolute atomic E-state index is 0.0504. The molecule has 1 aromatic rings. The van der Waals surface area contributed by atoms with E-state index in [1.165, 1.54) is 29.5 Å². The molecule has 7 heteroatoms. The first-order valence-electron chi connectivity index (χ1n) is 5.08. The van der Waals surface area contributed by atoms with Crippen molar-refractivity contribution in [3.05, 3.63) is 22.1 Å². The molecule has 1 aliphatic rings. The number of hydrogen-bond donors (Lipinski definition) is 1. The van der Waals surface area contributed by atoms with Crippen LogP contribution in [-0.4, -0.2) is 33.5 Å². The molecule has 0 amide bonds. The second-order valence-electron chi connectivity index (χ2n) is 3.73. The number of methoxy groups -OCH3 is 1. The Labute approximate surface area is 102 Å². The van der Waals surface area contributed by atoms with Crippen LogP contribution >= 0.6 is 11.8 Å². The van der Waals surface area contributed by atoms with Gasteiger partial charge in [-0.1, -0.05) is 11.8 Å². The van der Waals surface area contributed by atoms with Gasteiger partial charge in [0.15, 0.2) is 5.16 Å². The number of thioether (sulfide) groups is 1. The topological polar surface area (TPSA) is 81.4 Å². The van der Waals surface area contributed by atoms with Gasteiger partial charge in [0.25, 0.3) is 5.56 Å². The molecule has 1 aliphatic heterocycles. The van der Waals surface area contributed by atoms with Gasteiger partial charge in [-0.25, -0.2) is 4.98 Å². The maximum Gasteiger partial charge on any atom is 0.305 e. The van der Waals surface area contributed by atoms with Crippen LogP contribution < -0.4 is 5.56 Å². The van der Waals surface area contributed by atoms with Crippen molar-refractivity contribution < 1.29 is 14.6 Å².